The number of hydrogen-bond donors (Lipinski definition) is 1. The van der Waals surface area contributed by atoms with E-state index >= 15 is 0 Å². The highest BCUT2D eigenvalue weighted by atomic mass is 32.1. The number of nitrogens with one attached hydrogen (secondary N) is 1. The minimum Gasteiger partial charge on any atom is -0.349 e. The third kappa shape index (κ3) is 4.49. The molecule has 0 unspecified atom stereocenters. The van der Waals surface area contributed by atoms with Crippen LogP contribution in [0.5, 0.6) is 0 Å². The number of carbonyl (C=O) groups is 1. The van der Waals surface area contributed by atoms with Gasteiger partial charge in [0, 0.05) is 45.1 Å². The van der Waals surface area contributed by atoms with Crippen LogP contribution in [0.4, 0.5) is 5.00 Å². The van der Waals surface area contributed by atoms with Gasteiger partial charge in [0.05, 0.1) is 4.92 Å². The number of amides is 1. The molecule has 1 N–H and O–H groups in total. The average molecular weight is 257 g/mol. The van der Waals surface area contributed by atoms with Crippen molar-refractivity contribution in [3.05, 3.63) is 27.1 Å². The van der Waals surface area contributed by atoms with E-state index in [1.54, 1.807) is 25.5 Å². The number of rotatable bonds is 6. The van der Waals surface area contributed by atoms with E-state index in [1.165, 1.54) is 4.90 Å². The average Bonchev–Trinajstić information content (AvgIpc) is 2.72. The van der Waals surface area contributed by atoms with Crippen LogP contribution in [0.3, 0.4) is 0 Å². The van der Waals surface area contributed by atoms with Crippen molar-refractivity contribution in [2.24, 2.45) is 0 Å². The third-order valence-electron chi connectivity index (χ3n) is 2.16. The van der Waals surface area contributed by atoms with Gasteiger partial charge in [0.25, 0.3) is 0 Å². The van der Waals surface area contributed by atoms with Crippen LogP contribution in [0.2, 0.25) is 0 Å². The number of nitrogens with zero attached hydrogens (tertiary/aromatic N) is 2. The van der Waals surface area contributed by atoms with E-state index < -0.39 is 4.92 Å². The molecule has 1 heterocycles. The fourth-order valence-corrected chi connectivity index (χ4v) is 1.93. The molecule has 0 aliphatic heterocycles. The van der Waals surface area contributed by atoms with Crippen LogP contribution in [0.1, 0.15) is 12.0 Å². The predicted octanol–water partition coefficient (Wildman–Crippen LogP) is 1.22. The molecule has 17 heavy (non-hydrogen) atoms. The molecule has 0 saturated carbocycles. The Balaban J connectivity index is 2.26. The Kier molecular flexibility index (Phi) is 5.05. The maximum absolute atomic E-state index is 11.2. The topological polar surface area (TPSA) is 75.5 Å². The van der Waals surface area contributed by atoms with E-state index in [2.05, 4.69) is 5.32 Å². The Morgan fingerprint density at radius 1 is 1.59 bits per heavy atom. The first-order valence-electron chi connectivity index (χ1n) is 5.13. The predicted molar refractivity (Wildman–Crippen MR) is 66.0 cm³/mol. The Morgan fingerprint density at radius 2 is 2.29 bits per heavy atom. The van der Waals surface area contributed by atoms with Crippen LogP contribution in [0, 0.1) is 10.1 Å². The molecule has 0 bridgehead atoms. The molecule has 0 spiro atoms. The van der Waals surface area contributed by atoms with Crippen molar-refractivity contribution in [3.8, 4) is 0 Å². The molecule has 1 aromatic rings. The van der Waals surface area contributed by atoms with E-state index in [0.717, 1.165) is 16.9 Å². The van der Waals surface area contributed by atoms with Gasteiger partial charge in [-0.2, -0.15) is 0 Å². The summed E-state index contributed by atoms with van der Waals surface area (Å²) in [5.41, 5.74) is 0.874. The number of thiophene rings is 1. The number of hydrogen-bond acceptors (Lipinski definition) is 5. The van der Waals surface area contributed by atoms with E-state index in [-0.39, 0.29) is 10.9 Å². The van der Waals surface area contributed by atoms with Gasteiger partial charge in [-0.3, -0.25) is 14.9 Å². The SMILES string of the molecule is CN(C)C(=O)CCNCc1csc([N+](=O)[O-])c1. The maximum atomic E-state index is 11.2. The molecule has 0 aliphatic carbocycles. The van der Waals surface area contributed by atoms with Gasteiger partial charge >= 0.3 is 5.00 Å². The summed E-state index contributed by atoms with van der Waals surface area (Å²) in [5, 5.41) is 15.4. The Morgan fingerprint density at radius 3 is 2.82 bits per heavy atom. The van der Waals surface area contributed by atoms with Gasteiger partial charge in [0.1, 0.15) is 0 Å². The zero-order chi connectivity index (χ0) is 12.8. The summed E-state index contributed by atoms with van der Waals surface area (Å²) in [7, 11) is 3.43. The van der Waals surface area contributed by atoms with Crippen LogP contribution in [0.15, 0.2) is 11.4 Å². The second-order valence-electron chi connectivity index (χ2n) is 3.77. The smallest absolute Gasteiger partial charge is 0.324 e. The summed E-state index contributed by atoms with van der Waals surface area (Å²) < 4.78 is 0. The molecule has 0 radical (unpaired) electrons. The Labute approximate surface area is 103 Å². The molecular weight excluding hydrogens is 242 g/mol. The third-order valence-corrected chi connectivity index (χ3v) is 3.09. The first-order valence-corrected chi connectivity index (χ1v) is 6.01. The zero-order valence-electron chi connectivity index (χ0n) is 9.80. The first kappa shape index (κ1) is 13.6. The zero-order valence-corrected chi connectivity index (χ0v) is 10.6. The molecule has 7 heteroatoms. The standard InChI is InChI=1S/C10H15N3O3S/c1-12(2)9(14)3-4-11-6-8-5-10(13(15)16)17-7-8/h5,7,11H,3-4,6H2,1-2H3. The normalized spacial score (nSPS) is 10.2. The van der Waals surface area contributed by atoms with Gasteiger partial charge < -0.3 is 10.2 Å². The highest BCUT2D eigenvalue weighted by Crippen LogP contribution is 2.22. The summed E-state index contributed by atoms with van der Waals surface area (Å²) in [5.74, 6) is 0.0637. The van der Waals surface area contributed by atoms with Crippen molar-refractivity contribution in [2.75, 3.05) is 20.6 Å². The number of nitro groups is 1. The summed E-state index contributed by atoms with van der Waals surface area (Å²) in [6.45, 7) is 1.12. The van der Waals surface area contributed by atoms with Crippen molar-refractivity contribution in [1.82, 2.24) is 10.2 Å². The molecule has 0 saturated heterocycles. The van der Waals surface area contributed by atoms with E-state index in [0.29, 0.717) is 19.5 Å². The highest BCUT2D eigenvalue weighted by Gasteiger charge is 2.09. The molecule has 1 amide bonds. The van der Waals surface area contributed by atoms with Crippen LogP contribution >= 0.6 is 11.3 Å². The summed E-state index contributed by atoms with van der Waals surface area (Å²) in [4.78, 5) is 22.8. The largest absolute Gasteiger partial charge is 0.349 e. The van der Waals surface area contributed by atoms with Crippen molar-refractivity contribution in [2.45, 2.75) is 13.0 Å². The molecule has 0 aromatic carbocycles. The first-order chi connectivity index (χ1) is 8.00. The maximum Gasteiger partial charge on any atom is 0.324 e. The van der Waals surface area contributed by atoms with Crippen molar-refractivity contribution >= 4 is 22.2 Å². The van der Waals surface area contributed by atoms with Gasteiger partial charge in [-0.15, -0.1) is 0 Å². The van der Waals surface area contributed by atoms with Crippen LogP contribution in [-0.4, -0.2) is 36.4 Å². The van der Waals surface area contributed by atoms with Gasteiger partial charge in [-0.05, 0) is 5.56 Å². The summed E-state index contributed by atoms with van der Waals surface area (Å²) in [6.07, 6.45) is 0.430. The molecule has 1 rings (SSSR count). The highest BCUT2D eigenvalue weighted by molar-refractivity contribution is 7.13. The van der Waals surface area contributed by atoms with E-state index in [9.17, 15) is 14.9 Å². The van der Waals surface area contributed by atoms with Crippen LogP contribution in [-0.2, 0) is 11.3 Å². The van der Waals surface area contributed by atoms with Crippen LogP contribution < -0.4 is 5.32 Å². The monoisotopic (exact) mass is 257 g/mol. The van der Waals surface area contributed by atoms with Crippen molar-refractivity contribution in [3.63, 3.8) is 0 Å². The summed E-state index contributed by atoms with van der Waals surface area (Å²) >= 11 is 1.11. The van der Waals surface area contributed by atoms with Crippen LogP contribution in [0.25, 0.3) is 0 Å². The fraction of sp³-hybridized carbons (Fsp3) is 0.500. The molecule has 0 fully saturated rings. The minimum atomic E-state index is -0.399. The lowest BCUT2D eigenvalue weighted by molar-refractivity contribution is -0.380. The quantitative estimate of drug-likeness (QED) is 0.472. The van der Waals surface area contributed by atoms with Crippen molar-refractivity contribution in [1.29, 1.82) is 0 Å². The molecule has 0 atom stereocenters. The second kappa shape index (κ2) is 6.31. The second-order valence-corrected chi connectivity index (χ2v) is 4.65. The summed E-state index contributed by atoms with van der Waals surface area (Å²) in [6, 6.07) is 1.55. The molecule has 1 aromatic heterocycles. The van der Waals surface area contributed by atoms with Crippen molar-refractivity contribution < 1.29 is 9.72 Å². The lowest BCUT2D eigenvalue weighted by Crippen LogP contribution is -2.26. The van der Waals surface area contributed by atoms with E-state index in [4.69, 9.17) is 0 Å². The molecule has 94 valence electrons. The molecule has 6 nitrogen and oxygen atoms in total. The minimum absolute atomic E-state index is 0.0637. The molecule has 0 aliphatic rings. The van der Waals surface area contributed by atoms with Gasteiger partial charge in [0.15, 0.2) is 0 Å². The lowest BCUT2D eigenvalue weighted by atomic mass is 10.3. The number of carbonyl (C=O) groups excluding carboxylic acids is 1. The fourth-order valence-electron chi connectivity index (χ4n) is 1.20. The Hall–Kier alpha value is -1.47. The van der Waals surface area contributed by atoms with Gasteiger partial charge in [-0.1, -0.05) is 11.3 Å². The van der Waals surface area contributed by atoms with Gasteiger partial charge in [0.2, 0.25) is 5.91 Å². The molecular formula is C10H15N3O3S. The Bertz CT molecular complexity index is 403. The van der Waals surface area contributed by atoms with E-state index in [1.807, 2.05) is 0 Å². The lowest BCUT2D eigenvalue weighted by Gasteiger charge is -2.09. The van der Waals surface area contributed by atoms with Gasteiger partial charge in [-0.25, -0.2) is 0 Å².